The Hall–Kier alpha value is -3.27. The molecular weight excluding hydrogens is 470 g/mol. The van der Waals surface area contributed by atoms with E-state index in [1.807, 2.05) is 6.92 Å². The van der Waals surface area contributed by atoms with Crippen LogP contribution >= 0.6 is 0 Å². The van der Waals surface area contributed by atoms with Gasteiger partial charge >= 0.3 is 0 Å². The molecule has 2 aromatic carbocycles. The van der Waals surface area contributed by atoms with E-state index in [0.717, 1.165) is 29.0 Å². The number of rotatable bonds is 13. The SMILES string of the molecule is CCCCNC(=O)C(C)N(Cc1ccc(OC)cc1)C(=O)CN(c1ccc(OC)cc1)S(C)(=O)=O. The minimum atomic E-state index is -3.78. The average Bonchev–Trinajstić information content (AvgIpc) is 2.85. The van der Waals surface area contributed by atoms with Gasteiger partial charge in [-0.3, -0.25) is 13.9 Å². The summed E-state index contributed by atoms with van der Waals surface area (Å²) in [6.45, 7) is 3.85. The van der Waals surface area contributed by atoms with Crippen LogP contribution in [-0.2, 0) is 26.2 Å². The van der Waals surface area contributed by atoms with E-state index in [-0.39, 0.29) is 12.5 Å². The summed E-state index contributed by atoms with van der Waals surface area (Å²) in [5, 5.41) is 2.85. The highest BCUT2D eigenvalue weighted by Gasteiger charge is 2.30. The number of ether oxygens (including phenoxy) is 2. The molecule has 1 N–H and O–H groups in total. The number of unbranched alkanes of at least 4 members (excludes halogenated alkanes) is 1. The molecule has 0 radical (unpaired) electrons. The van der Waals surface area contributed by atoms with Gasteiger partial charge in [-0.1, -0.05) is 25.5 Å². The number of benzene rings is 2. The number of carbonyl (C=O) groups is 2. The molecule has 2 aromatic rings. The van der Waals surface area contributed by atoms with Gasteiger partial charge in [0.05, 0.1) is 26.2 Å². The fourth-order valence-electron chi connectivity index (χ4n) is 3.41. The zero-order chi connectivity index (χ0) is 26.0. The molecule has 0 fully saturated rings. The van der Waals surface area contributed by atoms with Gasteiger partial charge in [0.25, 0.3) is 0 Å². The smallest absolute Gasteiger partial charge is 0.244 e. The Bertz CT molecular complexity index is 1070. The summed E-state index contributed by atoms with van der Waals surface area (Å²) in [6, 6.07) is 12.7. The van der Waals surface area contributed by atoms with Crippen LogP contribution in [0.15, 0.2) is 48.5 Å². The van der Waals surface area contributed by atoms with Gasteiger partial charge in [-0.05, 0) is 55.3 Å². The fourth-order valence-corrected chi connectivity index (χ4v) is 4.26. The van der Waals surface area contributed by atoms with Crippen LogP contribution in [0.4, 0.5) is 5.69 Å². The first-order chi connectivity index (χ1) is 16.6. The average molecular weight is 506 g/mol. The fraction of sp³-hybridized carbons (Fsp3) is 0.440. The molecular formula is C25H35N3O6S. The highest BCUT2D eigenvalue weighted by Crippen LogP contribution is 2.22. The molecule has 0 bridgehead atoms. The van der Waals surface area contributed by atoms with Crippen molar-refractivity contribution < 1.29 is 27.5 Å². The Kier molecular flexibility index (Phi) is 10.4. The lowest BCUT2D eigenvalue weighted by atomic mass is 10.1. The zero-order valence-corrected chi connectivity index (χ0v) is 21.8. The molecule has 0 aliphatic carbocycles. The molecule has 0 saturated carbocycles. The first kappa shape index (κ1) is 28.0. The van der Waals surface area contributed by atoms with E-state index in [0.29, 0.717) is 23.7 Å². The number of methoxy groups -OCH3 is 2. The molecule has 192 valence electrons. The Labute approximate surface area is 208 Å². The maximum atomic E-state index is 13.5. The van der Waals surface area contributed by atoms with Crippen molar-refractivity contribution in [3.63, 3.8) is 0 Å². The van der Waals surface area contributed by atoms with Crippen LogP contribution in [0.2, 0.25) is 0 Å². The van der Waals surface area contributed by atoms with E-state index in [1.54, 1.807) is 62.6 Å². The molecule has 0 aliphatic heterocycles. The van der Waals surface area contributed by atoms with Crippen molar-refractivity contribution in [2.45, 2.75) is 39.3 Å². The first-order valence-electron chi connectivity index (χ1n) is 11.4. The number of hydrogen-bond acceptors (Lipinski definition) is 6. The van der Waals surface area contributed by atoms with Gasteiger partial charge in [-0.15, -0.1) is 0 Å². The maximum Gasteiger partial charge on any atom is 0.244 e. The largest absolute Gasteiger partial charge is 0.497 e. The van der Waals surface area contributed by atoms with Gasteiger partial charge in [-0.25, -0.2) is 8.42 Å². The lowest BCUT2D eigenvalue weighted by molar-refractivity contribution is -0.139. The maximum absolute atomic E-state index is 13.5. The highest BCUT2D eigenvalue weighted by atomic mass is 32.2. The number of sulfonamides is 1. The molecule has 2 rings (SSSR count). The number of hydrogen-bond donors (Lipinski definition) is 1. The molecule has 0 spiro atoms. The van der Waals surface area contributed by atoms with Gasteiger partial charge in [0.2, 0.25) is 21.8 Å². The summed E-state index contributed by atoms with van der Waals surface area (Å²) in [6.07, 6.45) is 2.79. The van der Waals surface area contributed by atoms with Crippen LogP contribution in [0.1, 0.15) is 32.3 Å². The molecule has 35 heavy (non-hydrogen) atoms. The van der Waals surface area contributed by atoms with E-state index in [1.165, 1.54) is 12.0 Å². The van der Waals surface area contributed by atoms with Crippen LogP contribution in [0.25, 0.3) is 0 Å². The second-order valence-electron chi connectivity index (χ2n) is 8.16. The molecule has 10 heteroatoms. The summed E-state index contributed by atoms with van der Waals surface area (Å²) in [5.74, 6) is 0.433. The molecule has 0 aromatic heterocycles. The molecule has 1 unspecified atom stereocenters. The van der Waals surface area contributed by atoms with Crippen molar-refractivity contribution in [1.82, 2.24) is 10.2 Å². The third-order valence-corrected chi connectivity index (χ3v) is 6.69. The quantitative estimate of drug-likeness (QED) is 0.420. The summed E-state index contributed by atoms with van der Waals surface area (Å²) in [7, 11) is -0.711. The van der Waals surface area contributed by atoms with Crippen molar-refractivity contribution in [3.05, 3.63) is 54.1 Å². The van der Waals surface area contributed by atoms with Gasteiger partial charge in [-0.2, -0.15) is 0 Å². The summed E-state index contributed by atoms with van der Waals surface area (Å²) >= 11 is 0. The lowest BCUT2D eigenvalue weighted by Gasteiger charge is -2.31. The second kappa shape index (κ2) is 13.0. The Morgan fingerprint density at radius 3 is 2.00 bits per heavy atom. The van der Waals surface area contributed by atoms with Crippen LogP contribution in [0.3, 0.4) is 0 Å². The lowest BCUT2D eigenvalue weighted by Crippen LogP contribution is -2.51. The Morgan fingerprint density at radius 1 is 0.971 bits per heavy atom. The van der Waals surface area contributed by atoms with Gasteiger partial charge in [0.15, 0.2) is 0 Å². The number of nitrogens with zero attached hydrogens (tertiary/aromatic N) is 2. The Morgan fingerprint density at radius 2 is 1.51 bits per heavy atom. The van der Waals surface area contributed by atoms with Crippen molar-refractivity contribution in [2.75, 3.05) is 37.9 Å². The summed E-state index contributed by atoms with van der Waals surface area (Å²) in [4.78, 5) is 27.7. The summed E-state index contributed by atoms with van der Waals surface area (Å²) < 4.78 is 36.5. The van der Waals surface area contributed by atoms with E-state index in [2.05, 4.69) is 5.32 Å². The number of anilines is 1. The van der Waals surface area contributed by atoms with E-state index >= 15 is 0 Å². The van der Waals surface area contributed by atoms with Gasteiger partial charge < -0.3 is 19.7 Å². The molecule has 1 atom stereocenters. The second-order valence-corrected chi connectivity index (χ2v) is 10.1. The topological polar surface area (TPSA) is 105 Å². The molecule has 0 saturated heterocycles. The highest BCUT2D eigenvalue weighted by molar-refractivity contribution is 7.92. The minimum Gasteiger partial charge on any atom is -0.497 e. The van der Waals surface area contributed by atoms with Crippen molar-refractivity contribution in [2.24, 2.45) is 0 Å². The summed E-state index contributed by atoms with van der Waals surface area (Å²) in [5.41, 5.74) is 1.11. The standard InChI is InChI=1S/C25H35N3O6S/c1-6-7-16-26-25(30)19(2)27(17-20-8-12-22(33-3)13-9-20)24(29)18-28(35(5,31)32)21-10-14-23(34-4)15-11-21/h8-15,19H,6-7,16-18H2,1-5H3,(H,26,30). The zero-order valence-electron chi connectivity index (χ0n) is 21.0. The molecule has 2 amide bonds. The van der Waals surface area contributed by atoms with Crippen molar-refractivity contribution in [1.29, 1.82) is 0 Å². The van der Waals surface area contributed by atoms with Crippen LogP contribution in [0, 0.1) is 0 Å². The predicted octanol–water partition coefficient (Wildman–Crippen LogP) is 2.80. The van der Waals surface area contributed by atoms with Gasteiger partial charge in [0, 0.05) is 13.1 Å². The van der Waals surface area contributed by atoms with Gasteiger partial charge in [0.1, 0.15) is 24.1 Å². The van der Waals surface area contributed by atoms with E-state index in [4.69, 9.17) is 9.47 Å². The Balaban J connectivity index is 2.33. The predicted molar refractivity (Wildman–Crippen MR) is 136 cm³/mol. The van der Waals surface area contributed by atoms with E-state index < -0.39 is 28.5 Å². The molecule has 9 nitrogen and oxygen atoms in total. The third kappa shape index (κ3) is 8.17. The number of nitrogens with one attached hydrogen (secondary N) is 1. The molecule has 0 heterocycles. The van der Waals surface area contributed by atoms with E-state index in [9.17, 15) is 18.0 Å². The number of carbonyl (C=O) groups excluding carboxylic acids is 2. The van der Waals surface area contributed by atoms with Crippen LogP contribution < -0.4 is 19.1 Å². The third-order valence-electron chi connectivity index (χ3n) is 5.55. The van der Waals surface area contributed by atoms with Crippen LogP contribution in [0.5, 0.6) is 11.5 Å². The van der Waals surface area contributed by atoms with Crippen molar-refractivity contribution in [3.8, 4) is 11.5 Å². The normalized spacial score (nSPS) is 11.9. The van der Waals surface area contributed by atoms with Crippen LogP contribution in [-0.4, -0.2) is 64.7 Å². The monoisotopic (exact) mass is 505 g/mol. The molecule has 0 aliphatic rings. The first-order valence-corrected chi connectivity index (χ1v) is 13.3. The minimum absolute atomic E-state index is 0.130. The number of amides is 2. The van der Waals surface area contributed by atoms with Crippen molar-refractivity contribution >= 4 is 27.5 Å².